The third kappa shape index (κ3) is 2.70. The lowest BCUT2D eigenvalue weighted by Gasteiger charge is -2.02. The Labute approximate surface area is 168 Å². The molecular weight excluding hydrogens is 360 g/mol. The van der Waals surface area contributed by atoms with Crippen molar-refractivity contribution in [2.75, 3.05) is 6.54 Å². The molecule has 5 rings (SSSR count). The molecule has 2 aromatic heterocycles. The van der Waals surface area contributed by atoms with Crippen LogP contribution in [0.2, 0.25) is 0 Å². The summed E-state index contributed by atoms with van der Waals surface area (Å²) in [6.07, 6.45) is 4.85. The van der Waals surface area contributed by atoms with Crippen molar-refractivity contribution in [1.29, 1.82) is 0 Å². The molecule has 5 nitrogen and oxygen atoms in total. The molecular formula is C24H22N4O. The Morgan fingerprint density at radius 3 is 2.72 bits per heavy atom. The van der Waals surface area contributed by atoms with E-state index in [0.717, 1.165) is 57.0 Å². The molecule has 1 aliphatic heterocycles. The van der Waals surface area contributed by atoms with E-state index in [9.17, 15) is 5.11 Å². The molecule has 0 spiro atoms. The minimum Gasteiger partial charge on any atom is -0.494 e. The second-order valence-corrected chi connectivity index (χ2v) is 7.29. The molecule has 1 aliphatic rings. The fraction of sp³-hybridized carbons (Fsp3) is 0.125. The van der Waals surface area contributed by atoms with Gasteiger partial charge in [-0.1, -0.05) is 43.0 Å². The number of hydrogen-bond donors (Lipinski definition) is 3. The van der Waals surface area contributed by atoms with Gasteiger partial charge in [0.25, 0.3) is 0 Å². The predicted molar refractivity (Wildman–Crippen MR) is 119 cm³/mol. The van der Waals surface area contributed by atoms with E-state index < -0.39 is 0 Å². The van der Waals surface area contributed by atoms with Crippen molar-refractivity contribution in [1.82, 2.24) is 9.55 Å². The summed E-state index contributed by atoms with van der Waals surface area (Å²) in [6, 6.07) is 16.3. The van der Waals surface area contributed by atoms with Crippen LogP contribution in [0.5, 0.6) is 5.88 Å². The van der Waals surface area contributed by atoms with E-state index in [1.807, 2.05) is 36.5 Å². The first kappa shape index (κ1) is 17.5. The SMILES string of the molecule is C=c1[nH]c(O)c(-c2cn(CCCN)c3ccccc23)/c1=C1\C=Nc2ccccc21. The third-order valence-electron chi connectivity index (χ3n) is 5.52. The summed E-state index contributed by atoms with van der Waals surface area (Å²) >= 11 is 0. The Kier molecular flexibility index (Phi) is 4.11. The highest BCUT2D eigenvalue weighted by molar-refractivity contribution is 6.17. The Morgan fingerprint density at radius 2 is 1.86 bits per heavy atom. The van der Waals surface area contributed by atoms with Gasteiger partial charge in [-0.2, -0.15) is 0 Å². The van der Waals surface area contributed by atoms with E-state index in [1.54, 1.807) is 0 Å². The second kappa shape index (κ2) is 6.79. The molecule has 2 aromatic carbocycles. The maximum atomic E-state index is 10.8. The van der Waals surface area contributed by atoms with Gasteiger partial charge in [-0.15, -0.1) is 0 Å². The van der Waals surface area contributed by atoms with Gasteiger partial charge >= 0.3 is 0 Å². The minimum absolute atomic E-state index is 0.122. The molecule has 0 saturated heterocycles. The second-order valence-electron chi connectivity index (χ2n) is 7.29. The van der Waals surface area contributed by atoms with Gasteiger partial charge in [0.1, 0.15) is 0 Å². The number of para-hydroxylation sites is 2. The largest absolute Gasteiger partial charge is 0.494 e. The quantitative estimate of drug-likeness (QED) is 0.507. The number of nitrogens with one attached hydrogen (secondary N) is 1. The smallest absolute Gasteiger partial charge is 0.197 e. The molecule has 0 saturated carbocycles. The van der Waals surface area contributed by atoms with Gasteiger partial charge in [-0.25, -0.2) is 0 Å². The first-order valence-corrected chi connectivity index (χ1v) is 9.75. The van der Waals surface area contributed by atoms with Gasteiger partial charge < -0.3 is 20.4 Å². The van der Waals surface area contributed by atoms with Crippen molar-refractivity contribution in [2.24, 2.45) is 10.7 Å². The number of aryl methyl sites for hydroxylation is 1. The number of hydrogen-bond acceptors (Lipinski definition) is 3. The van der Waals surface area contributed by atoms with Crippen LogP contribution in [0.1, 0.15) is 12.0 Å². The van der Waals surface area contributed by atoms with Crippen molar-refractivity contribution in [2.45, 2.75) is 13.0 Å². The van der Waals surface area contributed by atoms with E-state index in [0.29, 0.717) is 11.9 Å². The first-order valence-electron chi connectivity index (χ1n) is 9.75. The fourth-order valence-corrected chi connectivity index (χ4v) is 4.21. The van der Waals surface area contributed by atoms with Crippen LogP contribution < -0.4 is 16.3 Å². The van der Waals surface area contributed by atoms with E-state index in [2.05, 4.69) is 45.5 Å². The molecule has 144 valence electrons. The van der Waals surface area contributed by atoms with Crippen LogP contribution in [0.4, 0.5) is 5.69 Å². The fourth-order valence-electron chi connectivity index (χ4n) is 4.21. The number of benzene rings is 2. The number of nitrogens with two attached hydrogens (primary N) is 1. The van der Waals surface area contributed by atoms with Crippen molar-refractivity contribution in [3.63, 3.8) is 0 Å². The number of aromatic amines is 1. The molecule has 3 heterocycles. The van der Waals surface area contributed by atoms with E-state index in [1.165, 1.54) is 0 Å². The van der Waals surface area contributed by atoms with Gasteiger partial charge in [0.15, 0.2) is 5.88 Å². The molecule has 4 N–H and O–H groups in total. The highest BCUT2D eigenvalue weighted by atomic mass is 16.3. The number of aliphatic imine (C=N–C) groups is 1. The molecule has 4 aromatic rings. The van der Waals surface area contributed by atoms with Gasteiger partial charge in [-0.3, -0.25) is 4.99 Å². The lowest BCUT2D eigenvalue weighted by molar-refractivity contribution is 0.458. The molecule has 0 radical (unpaired) electrons. The van der Waals surface area contributed by atoms with Crippen LogP contribution in [-0.2, 0) is 6.54 Å². The molecule has 29 heavy (non-hydrogen) atoms. The average Bonchev–Trinajstić information content (AvgIpc) is 3.39. The lowest BCUT2D eigenvalue weighted by atomic mass is 9.99. The standard InChI is InChI=1S/C24H22N4O/c1-15-22(18-13-26-20-9-4-2-7-16(18)20)23(24(29)27-15)19-14-28(12-6-11-25)21-10-5-3-8-17(19)21/h2-5,7-10,13-14,27,29H,1,6,11-12,25H2/b22-18+. The Balaban J connectivity index is 1.84. The highest BCUT2D eigenvalue weighted by Gasteiger charge is 2.21. The molecule has 5 heteroatoms. The highest BCUT2D eigenvalue weighted by Crippen LogP contribution is 2.35. The normalized spacial score (nSPS) is 14.7. The number of nitrogens with zero attached hydrogens (tertiary/aromatic N) is 2. The zero-order valence-corrected chi connectivity index (χ0v) is 16.0. The van der Waals surface area contributed by atoms with Crippen LogP contribution in [0.25, 0.3) is 34.2 Å². The number of aromatic hydroxyl groups is 1. The zero-order valence-electron chi connectivity index (χ0n) is 16.0. The zero-order chi connectivity index (χ0) is 20.0. The summed E-state index contributed by atoms with van der Waals surface area (Å²) in [7, 11) is 0. The van der Waals surface area contributed by atoms with E-state index in [4.69, 9.17) is 5.73 Å². The van der Waals surface area contributed by atoms with Crippen molar-refractivity contribution in [3.8, 4) is 17.0 Å². The molecule has 0 fully saturated rings. The number of rotatable bonds is 4. The number of fused-ring (bicyclic) bond motifs is 2. The van der Waals surface area contributed by atoms with Crippen LogP contribution in [0.15, 0.2) is 59.7 Å². The number of aromatic nitrogens is 2. The van der Waals surface area contributed by atoms with Crippen LogP contribution in [-0.4, -0.2) is 27.4 Å². The first-order chi connectivity index (χ1) is 14.2. The maximum Gasteiger partial charge on any atom is 0.197 e. The summed E-state index contributed by atoms with van der Waals surface area (Å²) in [4.78, 5) is 7.58. The summed E-state index contributed by atoms with van der Waals surface area (Å²) in [5.74, 6) is 0.122. The molecule has 0 bridgehead atoms. The monoisotopic (exact) mass is 382 g/mol. The molecule has 0 unspecified atom stereocenters. The van der Waals surface area contributed by atoms with Crippen LogP contribution >= 0.6 is 0 Å². The summed E-state index contributed by atoms with van der Waals surface area (Å²) in [5.41, 5.74) is 11.5. The van der Waals surface area contributed by atoms with Crippen molar-refractivity contribution < 1.29 is 5.11 Å². The molecule has 0 atom stereocenters. The summed E-state index contributed by atoms with van der Waals surface area (Å²) < 4.78 is 2.21. The molecule has 0 amide bonds. The summed E-state index contributed by atoms with van der Waals surface area (Å²) in [5, 5.41) is 13.5. The minimum atomic E-state index is 0.122. The Hall–Kier alpha value is -3.57. The van der Waals surface area contributed by atoms with Gasteiger partial charge in [0.2, 0.25) is 0 Å². The van der Waals surface area contributed by atoms with Gasteiger partial charge in [0.05, 0.1) is 11.3 Å². The lowest BCUT2D eigenvalue weighted by Crippen LogP contribution is -2.25. The van der Waals surface area contributed by atoms with Gasteiger partial charge in [0, 0.05) is 57.1 Å². The van der Waals surface area contributed by atoms with E-state index >= 15 is 0 Å². The van der Waals surface area contributed by atoms with Crippen LogP contribution in [0, 0.1) is 0 Å². The average molecular weight is 382 g/mol. The maximum absolute atomic E-state index is 10.8. The topological polar surface area (TPSA) is 79.3 Å². The predicted octanol–water partition coefficient (Wildman–Crippen LogP) is 3.02. The third-order valence-corrected chi connectivity index (χ3v) is 5.52. The van der Waals surface area contributed by atoms with Crippen molar-refractivity contribution >= 4 is 35.0 Å². The van der Waals surface area contributed by atoms with Crippen molar-refractivity contribution in [3.05, 3.63) is 70.9 Å². The number of H-pyrrole nitrogens is 1. The molecule has 0 aliphatic carbocycles. The Bertz CT molecular complexity index is 1370. The van der Waals surface area contributed by atoms with Gasteiger partial charge in [-0.05, 0) is 25.1 Å². The van der Waals surface area contributed by atoms with E-state index in [-0.39, 0.29) is 5.88 Å². The van der Waals surface area contributed by atoms with Crippen LogP contribution in [0.3, 0.4) is 0 Å². The summed E-state index contributed by atoms with van der Waals surface area (Å²) in [6.45, 7) is 5.62. The Morgan fingerprint density at radius 1 is 1.07 bits per heavy atom.